The normalized spacial score (nSPS) is 26.4. The Balaban J connectivity index is 1.61. The number of carbonyl (C=O) groups is 2. The van der Waals surface area contributed by atoms with Gasteiger partial charge in [0.2, 0.25) is 0 Å². The molecule has 3 N–H and O–H groups in total. The van der Waals surface area contributed by atoms with E-state index in [0.29, 0.717) is 10.6 Å². The lowest BCUT2D eigenvalue weighted by atomic mass is 9.98. The van der Waals surface area contributed by atoms with E-state index in [0.717, 1.165) is 11.3 Å². The predicted octanol–water partition coefficient (Wildman–Crippen LogP) is 1.03. The first kappa shape index (κ1) is 18.8. The molecule has 0 spiro atoms. The van der Waals surface area contributed by atoms with Gasteiger partial charge in [-0.25, -0.2) is 18.7 Å². The van der Waals surface area contributed by atoms with Crippen LogP contribution in [0.5, 0.6) is 0 Å². The zero-order chi connectivity index (χ0) is 19.9. The molecule has 2 unspecified atom stereocenters. The highest BCUT2D eigenvalue weighted by Crippen LogP contribution is 2.40. The fourth-order valence-electron chi connectivity index (χ4n) is 3.38. The summed E-state index contributed by atoms with van der Waals surface area (Å²) in [7, 11) is -4.12. The van der Waals surface area contributed by atoms with Crippen molar-refractivity contribution in [1.29, 1.82) is 0 Å². The Kier molecular flexibility index (Phi) is 4.57. The van der Waals surface area contributed by atoms with E-state index in [2.05, 4.69) is 9.71 Å². The maximum Gasteiger partial charge on any atom is 0.509 e. The number of hydroxylamine groups is 1. The van der Waals surface area contributed by atoms with E-state index in [1.165, 1.54) is 11.5 Å². The first-order valence-electron chi connectivity index (χ1n) is 8.20. The molecule has 1 amide bonds. The number of rotatable bonds is 5. The Labute approximate surface area is 163 Å². The van der Waals surface area contributed by atoms with Crippen molar-refractivity contribution < 1.29 is 32.7 Å². The summed E-state index contributed by atoms with van der Waals surface area (Å²) in [5.74, 6) is -0.952. The number of nitrogens with one attached hydrogen (secondary N) is 2. The maximum atomic E-state index is 12.9. The molecule has 1 saturated carbocycles. The largest absolute Gasteiger partial charge is 0.509 e. The van der Waals surface area contributed by atoms with Crippen molar-refractivity contribution in [3.05, 3.63) is 36.5 Å². The number of carbonyl (C=O) groups excluding carboxylic acids is 2. The summed E-state index contributed by atoms with van der Waals surface area (Å²) in [6.07, 6.45) is -1.14. The number of fused-ring (bicyclic) bond motifs is 1. The minimum Gasteiger partial charge on any atom is -0.427 e. The fourth-order valence-corrected chi connectivity index (χ4v) is 6.05. The third-order valence-corrected chi connectivity index (χ3v) is 7.77. The lowest BCUT2D eigenvalue weighted by Gasteiger charge is -2.27. The van der Waals surface area contributed by atoms with Crippen LogP contribution in [0.4, 0.5) is 4.79 Å². The van der Waals surface area contributed by atoms with Crippen molar-refractivity contribution in [2.24, 2.45) is 0 Å². The summed E-state index contributed by atoms with van der Waals surface area (Å²) in [5, 5.41) is 9.11. The van der Waals surface area contributed by atoms with Crippen LogP contribution in [0.3, 0.4) is 0 Å². The van der Waals surface area contributed by atoms with Crippen LogP contribution in [0.15, 0.2) is 40.7 Å². The lowest BCUT2D eigenvalue weighted by Crippen LogP contribution is -2.57. The summed E-state index contributed by atoms with van der Waals surface area (Å²) >= 11 is 0.992. The number of amides is 1. The Morgan fingerprint density at radius 2 is 1.93 bits per heavy atom. The Hall–Kier alpha value is -2.54. The Bertz CT molecular complexity index is 1010. The Morgan fingerprint density at radius 3 is 2.54 bits per heavy atom. The van der Waals surface area contributed by atoms with E-state index in [4.69, 9.17) is 14.7 Å². The van der Waals surface area contributed by atoms with Crippen LogP contribution in [-0.4, -0.2) is 48.4 Å². The van der Waals surface area contributed by atoms with Gasteiger partial charge in [0, 0.05) is 19.0 Å². The summed E-state index contributed by atoms with van der Waals surface area (Å²) < 4.78 is 38.1. The first-order chi connectivity index (χ1) is 13.3. The molecular weight excluding hydrogens is 410 g/mol. The van der Waals surface area contributed by atoms with Gasteiger partial charge in [0.1, 0.15) is 22.0 Å². The summed E-state index contributed by atoms with van der Waals surface area (Å²) in [6, 6.07) is 8.32. The maximum absolute atomic E-state index is 12.9. The molecule has 1 aliphatic heterocycles. The van der Waals surface area contributed by atoms with Gasteiger partial charge in [0.25, 0.3) is 15.9 Å². The third-order valence-electron chi connectivity index (χ3n) is 4.64. The van der Waals surface area contributed by atoms with E-state index in [9.17, 15) is 18.0 Å². The molecule has 0 bridgehead atoms. The van der Waals surface area contributed by atoms with Crippen LogP contribution in [0.25, 0.3) is 10.6 Å². The van der Waals surface area contributed by atoms with Crippen LogP contribution in [0.1, 0.15) is 12.8 Å². The van der Waals surface area contributed by atoms with E-state index >= 15 is 0 Å². The zero-order valence-corrected chi connectivity index (χ0v) is 15.8. The quantitative estimate of drug-likeness (QED) is 0.366. The van der Waals surface area contributed by atoms with Crippen LogP contribution in [-0.2, 0) is 24.3 Å². The number of ether oxygens (including phenoxy) is 2. The van der Waals surface area contributed by atoms with Crippen molar-refractivity contribution in [1.82, 2.24) is 15.2 Å². The van der Waals surface area contributed by atoms with Gasteiger partial charge in [0.15, 0.2) is 0 Å². The van der Waals surface area contributed by atoms with Gasteiger partial charge in [-0.15, -0.1) is 11.3 Å². The van der Waals surface area contributed by atoms with Crippen molar-refractivity contribution in [3.63, 3.8) is 0 Å². The van der Waals surface area contributed by atoms with Crippen LogP contribution in [0.2, 0.25) is 0 Å². The molecule has 12 heteroatoms. The van der Waals surface area contributed by atoms with Crippen LogP contribution < -0.4 is 10.2 Å². The highest BCUT2D eigenvalue weighted by molar-refractivity contribution is 7.91. The minimum absolute atomic E-state index is 0.0201. The number of sulfonamides is 1. The van der Waals surface area contributed by atoms with E-state index < -0.39 is 39.8 Å². The monoisotopic (exact) mass is 425 g/mol. The molecule has 0 radical (unpaired) electrons. The smallest absolute Gasteiger partial charge is 0.427 e. The molecule has 2 aromatic heterocycles. The highest BCUT2D eigenvalue weighted by atomic mass is 32.2. The standard InChI is InChI=1S/C16H15N3O7S2/c20-14(18-22)16(7-10-11(8-16)26-15(21)25-10)19-28(23,24)13-5-4-12(27-13)9-3-1-2-6-17-9/h1-6,10-11,19,22H,7-8H2,(H,18,20). The summed E-state index contributed by atoms with van der Waals surface area (Å²) in [4.78, 5) is 28.3. The molecule has 2 aliphatic rings. The second-order valence-corrected chi connectivity index (χ2v) is 9.43. The van der Waals surface area contributed by atoms with Gasteiger partial charge in [-0.1, -0.05) is 6.07 Å². The molecular formula is C16H15N3O7S2. The summed E-state index contributed by atoms with van der Waals surface area (Å²) in [5.41, 5.74) is 0.393. The van der Waals surface area contributed by atoms with Gasteiger partial charge in [-0.2, -0.15) is 4.72 Å². The molecule has 1 saturated heterocycles. The average molecular weight is 425 g/mol. The molecule has 1 aliphatic carbocycles. The van der Waals surface area contributed by atoms with E-state index in [1.807, 2.05) is 0 Å². The lowest BCUT2D eigenvalue weighted by molar-refractivity contribution is -0.136. The van der Waals surface area contributed by atoms with Crippen LogP contribution in [0, 0.1) is 0 Å². The van der Waals surface area contributed by atoms with E-state index in [1.54, 1.807) is 30.5 Å². The predicted molar refractivity (Wildman–Crippen MR) is 94.9 cm³/mol. The molecule has 2 aromatic rings. The van der Waals surface area contributed by atoms with Gasteiger partial charge in [0.05, 0.1) is 10.6 Å². The number of aromatic nitrogens is 1. The molecule has 4 rings (SSSR count). The average Bonchev–Trinajstić information content (AvgIpc) is 3.35. The summed E-state index contributed by atoms with van der Waals surface area (Å²) in [6.45, 7) is 0. The second-order valence-electron chi connectivity index (χ2n) is 6.43. The van der Waals surface area contributed by atoms with Gasteiger partial charge in [-0.05, 0) is 24.3 Å². The fraction of sp³-hybridized carbons (Fsp3) is 0.312. The number of pyridine rings is 1. The van der Waals surface area contributed by atoms with Crippen molar-refractivity contribution >= 4 is 33.4 Å². The molecule has 2 fully saturated rings. The molecule has 148 valence electrons. The Morgan fingerprint density at radius 1 is 1.21 bits per heavy atom. The van der Waals surface area contributed by atoms with Crippen molar-refractivity contribution in [2.45, 2.75) is 34.8 Å². The zero-order valence-electron chi connectivity index (χ0n) is 14.2. The van der Waals surface area contributed by atoms with Crippen molar-refractivity contribution in [2.75, 3.05) is 0 Å². The number of thiophene rings is 1. The minimum atomic E-state index is -4.12. The topological polar surface area (TPSA) is 144 Å². The molecule has 28 heavy (non-hydrogen) atoms. The molecule has 10 nitrogen and oxygen atoms in total. The number of hydrogen-bond acceptors (Lipinski definition) is 9. The van der Waals surface area contributed by atoms with Crippen molar-refractivity contribution in [3.8, 4) is 10.6 Å². The molecule has 0 aromatic carbocycles. The molecule has 2 atom stereocenters. The SMILES string of the molecule is O=C1OC2CC(NS(=O)(=O)c3ccc(-c4ccccn4)s3)(C(=O)NO)CC2O1. The van der Waals surface area contributed by atoms with E-state index in [-0.39, 0.29) is 17.1 Å². The van der Waals surface area contributed by atoms with Gasteiger partial charge in [-0.3, -0.25) is 15.0 Å². The number of hydrogen-bond donors (Lipinski definition) is 3. The first-order valence-corrected chi connectivity index (χ1v) is 10.5. The van der Waals surface area contributed by atoms with Gasteiger partial charge >= 0.3 is 6.16 Å². The van der Waals surface area contributed by atoms with Crippen LogP contribution >= 0.6 is 11.3 Å². The molecule has 3 heterocycles. The highest BCUT2D eigenvalue weighted by Gasteiger charge is 2.58. The second kappa shape index (κ2) is 6.81. The van der Waals surface area contributed by atoms with Gasteiger partial charge < -0.3 is 9.47 Å². The third kappa shape index (κ3) is 3.24. The number of nitrogens with zero attached hydrogens (tertiary/aromatic N) is 1.